The van der Waals surface area contributed by atoms with Gasteiger partial charge in [-0.15, -0.1) is 24.0 Å². The van der Waals surface area contributed by atoms with Crippen molar-refractivity contribution in [3.05, 3.63) is 76.3 Å². The Morgan fingerprint density at radius 2 is 1.82 bits per heavy atom. The van der Waals surface area contributed by atoms with Crippen LogP contribution in [0.25, 0.3) is 11.1 Å². The van der Waals surface area contributed by atoms with Gasteiger partial charge in [-0.2, -0.15) is 5.26 Å². The van der Waals surface area contributed by atoms with Crippen LogP contribution in [0.4, 0.5) is 0 Å². The number of unbranched alkanes of at least 4 members (excludes halogenated alkanes) is 1. The van der Waals surface area contributed by atoms with Crippen molar-refractivity contribution < 1.29 is 0 Å². The summed E-state index contributed by atoms with van der Waals surface area (Å²) in [4.78, 5) is 4.51. The van der Waals surface area contributed by atoms with E-state index < -0.39 is 0 Å². The second-order valence-electron chi connectivity index (χ2n) is 6.44. The Labute approximate surface area is 182 Å². The zero-order chi connectivity index (χ0) is 19.2. The Kier molecular flexibility index (Phi) is 8.38. The van der Waals surface area contributed by atoms with Crippen molar-refractivity contribution in [1.82, 2.24) is 9.55 Å². The number of hydrogen-bond donors (Lipinski definition) is 0. The zero-order valence-corrected chi connectivity index (χ0v) is 18.0. The summed E-state index contributed by atoms with van der Waals surface area (Å²) in [7, 11) is 0. The lowest BCUT2D eigenvalue weighted by atomic mass is 9.99. The predicted octanol–water partition coefficient (Wildman–Crippen LogP) is 6.63. The Balaban J connectivity index is 0.00000280. The number of imidazole rings is 1. The second-order valence-corrected chi connectivity index (χ2v) is 7.07. The van der Waals surface area contributed by atoms with Crippen molar-refractivity contribution in [2.24, 2.45) is 0 Å². The van der Waals surface area contributed by atoms with Gasteiger partial charge in [0.25, 0.3) is 0 Å². The van der Waals surface area contributed by atoms with Gasteiger partial charge in [0.05, 0.1) is 23.2 Å². The molecule has 2 aromatic carbocycles. The maximum atomic E-state index is 9.31. The van der Waals surface area contributed by atoms with E-state index in [1.54, 1.807) is 0 Å². The fourth-order valence-corrected chi connectivity index (χ4v) is 3.76. The van der Waals surface area contributed by atoms with Crippen LogP contribution in [-0.2, 0) is 18.8 Å². The third-order valence-corrected chi connectivity index (χ3v) is 5.19. The molecule has 1 aromatic heterocycles. The average Bonchev–Trinajstić information content (AvgIpc) is 3.01. The molecule has 3 rings (SSSR count). The number of nitriles is 1. The standard InChI is InChI=1S/C22H21Cl2N3.ClH/c1-2-3-8-21-26-22(24)20(13-23)27(21)15-16-9-11-17(12-10-16)19-7-5-4-6-18(19)14-25;/h4-7,9-12H,2-3,8,13,15H2,1H3;1H. The number of nitrogens with zero attached hydrogens (tertiary/aromatic N) is 3. The molecular formula is C22H22Cl3N3. The Morgan fingerprint density at radius 1 is 1.11 bits per heavy atom. The molecule has 3 aromatic rings. The molecule has 0 radical (unpaired) electrons. The minimum Gasteiger partial charge on any atom is -0.325 e. The van der Waals surface area contributed by atoms with Gasteiger partial charge in [-0.1, -0.05) is 67.4 Å². The molecule has 6 heteroatoms. The lowest BCUT2D eigenvalue weighted by Crippen LogP contribution is -2.08. The molecule has 0 aliphatic rings. The van der Waals surface area contributed by atoms with Crippen molar-refractivity contribution >= 4 is 35.6 Å². The van der Waals surface area contributed by atoms with Crippen molar-refractivity contribution in [3.63, 3.8) is 0 Å². The van der Waals surface area contributed by atoms with Gasteiger partial charge in [0.2, 0.25) is 0 Å². The van der Waals surface area contributed by atoms with Crippen LogP contribution in [0.15, 0.2) is 48.5 Å². The molecule has 0 spiro atoms. The van der Waals surface area contributed by atoms with E-state index in [0.717, 1.165) is 47.5 Å². The molecule has 0 N–H and O–H groups in total. The summed E-state index contributed by atoms with van der Waals surface area (Å²) in [5, 5.41) is 9.80. The maximum absolute atomic E-state index is 9.31. The molecular weight excluding hydrogens is 413 g/mol. The van der Waals surface area contributed by atoms with E-state index in [4.69, 9.17) is 23.2 Å². The highest BCUT2D eigenvalue weighted by Crippen LogP contribution is 2.25. The van der Waals surface area contributed by atoms with Crippen molar-refractivity contribution in [2.75, 3.05) is 0 Å². The number of aryl methyl sites for hydroxylation is 1. The smallest absolute Gasteiger partial charge is 0.151 e. The van der Waals surface area contributed by atoms with Gasteiger partial charge < -0.3 is 4.57 Å². The topological polar surface area (TPSA) is 41.6 Å². The Morgan fingerprint density at radius 3 is 2.46 bits per heavy atom. The van der Waals surface area contributed by atoms with Crippen LogP contribution >= 0.6 is 35.6 Å². The lowest BCUT2D eigenvalue weighted by Gasteiger charge is -2.12. The zero-order valence-electron chi connectivity index (χ0n) is 15.7. The van der Waals surface area contributed by atoms with Crippen LogP contribution < -0.4 is 0 Å². The van der Waals surface area contributed by atoms with Crippen LogP contribution in [0.3, 0.4) is 0 Å². The number of benzene rings is 2. The molecule has 0 atom stereocenters. The molecule has 28 heavy (non-hydrogen) atoms. The highest BCUT2D eigenvalue weighted by Gasteiger charge is 2.15. The molecule has 0 aliphatic heterocycles. The normalized spacial score (nSPS) is 10.4. The number of halogens is 3. The third kappa shape index (κ3) is 4.89. The first-order valence-corrected chi connectivity index (χ1v) is 9.97. The van der Waals surface area contributed by atoms with Gasteiger partial charge in [-0.05, 0) is 29.2 Å². The van der Waals surface area contributed by atoms with E-state index in [1.165, 1.54) is 0 Å². The highest BCUT2D eigenvalue weighted by atomic mass is 35.5. The van der Waals surface area contributed by atoms with Crippen molar-refractivity contribution in [3.8, 4) is 17.2 Å². The maximum Gasteiger partial charge on any atom is 0.151 e. The minimum atomic E-state index is 0. The van der Waals surface area contributed by atoms with Crippen molar-refractivity contribution in [2.45, 2.75) is 38.6 Å². The lowest BCUT2D eigenvalue weighted by molar-refractivity contribution is 0.665. The van der Waals surface area contributed by atoms with E-state index in [-0.39, 0.29) is 12.4 Å². The van der Waals surface area contributed by atoms with E-state index in [0.29, 0.717) is 23.1 Å². The van der Waals surface area contributed by atoms with Crippen LogP contribution in [-0.4, -0.2) is 9.55 Å². The van der Waals surface area contributed by atoms with Gasteiger partial charge in [0.15, 0.2) is 5.15 Å². The van der Waals surface area contributed by atoms with Gasteiger partial charge in [-0.3, -0.25) is 0 Å². The van der Waals surface area contributed by atoms with Gasteiger partial charge >= 0.3 is 0 Å². The van der Waals surface area contributed by atoms with Crippen LogP contribution in [0, 0.1) is 11.3 Å². The van der Waals surface area contributed by atoms with E-state index >= 15 is 0 Å². The summed E-state index contributed by atoms with van der Waals surface area (Å²) in [6.07, 6.45) is 3.06. The third-order valence-electron chi connectivity index (χ3n) is 4.64. The van der Waals surface area contributed by atoms with Crippen LogP contribution in [0.5, 0.6) is 0 Å². The number of alkyl halides is 1. The molecule has 3 nitrogen and oxygen atoms in total. The van der Waals surface area contributed by atoms with Crippen LogP contribution in [0.1, 0.15) is 42.4 Å². The van der Waals surface area contributed by atoms with E-state index in [2.05, 4.69) is 46.8 Å². The van der Waals surface area contributed by atoms with E-state index in [9.17, 15) is 5.26 Å². The summed E-state index contributed by atoms with van der Waals surface area (Å²) >= 11 is 12.4. The summed E-state index contributed by atoms with van der Waals surface area (Å²) in [6, 6.07) is 18.2. The van der Waals surface area contributed by atoms with E-state index in [1.807, 2.05) is 24.3 Å². The fourth-order valence-electron chi connectivity index (χ4n) is 3.15. The summed E-state index contributed by atoms with van der Waals surface area (Å²) < 4.78 is 2.13. The first kappa shape index (κ1) is 22.3. The Hall–Kier alpha value is -1.99. The predicted molar refractivity (Wildman–Crippen MR) is 118 cm³/mol. The summed E-state index contributed by atoms with van der Waals surface area (Å²) in [6.45, 7) is 2.84. The van der Waals surface area contributed by atoms with Crippen molar-refractivity contribution in [1.29, 1.82) is 5.26 Å². The quantitative estimate of drug-likeness (QED) is 0.392. The Bertz CT molecular complexity index is 956. The number of hydrogen-bond acceptors (Lipinski definition) is 2. The first-order chi connectivity index (χ1) is 13.2. The monoisotopic (exact) mass is 433 g/mol. The molecule has 0 aliphatic carbocycles. The number of rotatable bonds is 7. The molecule has 0 amide bonds. The molecule has 1 heterocycles. The largest absolute Gasteiger partial charge is 0.325 e. The number of aromatic nitrogens is 2. The molecule has 0 unspecified atom stereocenters. The molecule has 0 saturated heterocycles. The molecule has 0 saturated carbocycles. The first-order valence-electron chi connectivity index (χ1n) is 9.06. The van der Waals surface area contributed by atoms with Gasteiger partial charge in [0, 0.05) is 13.0 Å². The fraction of sp³-hybridized carbons (Fsp3) is 0.273. The SMILES string of the molecule is CCCCc1nc(Cl)c(CCl)n1Cc1ccc(-c2ccccc2C#N)cc1.Cl. The molecule has 0 fully saturated rings. The van der Waals surface area contributed by atoms with Gasteiger partial charge in [-0.25, -0.2) is 4.98 Å². The second kappa shape index (κ2) is 10.5. The minimum absolute atomic E-state index is 0. The van der Waals surface area contributed by atoms with Crippen LogP contribution in [0.2, 0.25) is 5.15 Å². The summed E-state index contributed by atoms with van der Waals surface area (Å²) in [5.41, 5.74) is 4.67. The molecule has 0 bridgehead atoms. The highest BCUT2D eigenvalue weighted by molar-refractivity contribution is 6.31. The van der Waals surface area contributed by atoms with Gasteiger partial charge in [0.1, 0.15) is 5.82 Å². The molecule has 146 valence electrons. The average molecular weight is 435 g/mol. The summed E-state index contributed by atoms with van der Waals surface area (Å²) in [5.74, 6) is 1.32.